The molecule has 3 rings (SSSR count). The molecule has 2 N–H and O–H groups in total. The van der Waals surface area contributed by atoms with Crippen LogP contribution < -0.4 is 4.80 Å². The Morgan fingerprint density at radius 3 is 2.83 bits per heavy atom. The van der Waals surface area contributed by atoms with E-state index in [-0.39, 0.29) is 10.7 Å². The van der Waals surface area contributed by atoms with Crippen molar-refractivity contribution >= 4 is 22.7 Å². The molecule has 0 aliphatic heterocycles. The van der Waals surface area contributed by atoms with Crippen LogP contribution in [0.1, 0.15) is 28.8 Å². The van der Waals surface area contributed by atoms with Crippen molar-refractivity contribution in [3.8, 4) is 17.0 Å². The van der Waals surface area contributed by atoms with Gasteiger partial charge in [-0.25, -0.2) is 4.57 Å². The van der Waals surface area contributed by atoms with E-state index >= 15 is 0 Å². The molecule has 0 fully saturated rings. The Bertz CT molecular complexity index is 702. The van der Waals surface area contributed by atoms with Crippen LogP contribution in [-0.4, -0.2) is 9.67 Å². The Kier molecular flexibility index (Phi) is 2.73. The van der Waals surface area contributed by atoms with Crippen LogP contribution in [0.4, 0.5) is 0 Å². The van der Waals surface area contributed by atoms with Crippen molar-refractivity contribution in [3.63, 3.8) is 0 Å². The molecule has 0 saturated heterocycles. The molecule has 0 spiro atoms. The summed E-state index contributed by atoms with van der Waals surface area (Å²) in [6, 6.07) is 2.25. The van der Waals surface area contributed by atoms with E-state index in [1.165, 1.54) is 37.5 Å². The lowest BCUT2D eigenvalue weighted by atomic mass is 9.96. The van der Waals surface area contributed by atoms with Gasteiger partial charge in [0.25, 0.3) is 0 Å². The number of fused-ring (bicyclic) bond motifs is 1. The highest BCUT2D eigenvalue weighted by atomic mass is 32.1. The first kappa shape index (κ1) is 11.5. The maximum atomic E-state index is 9.82. The fourth-order valence-corrected chi connectivity index (χ4v) is 4.36. The highest BCUT2D eigenvalue weighted by molar-refractivity contribution is 7.15. The minimum Gasteiger partial charge on any atom is -0.494 e. The first-order valence-electron chi connectivity index (χ1n) is 5.71. The summed E-state index contributed by atoms with van der Waals surface area (Å²) in [7, 11) is 0. The molecule has 0 unspecified atom stereocenters. The molecular weight excluding hydrogens is 266 g/mol. The molecule has 0 amide bonds. The molecule has 0 radical (unpaired) electrons. The second kappa shape index (κ2) is 4.26. The van der Waals surface area contributed by atoms with Crippen molar-refractivity contribution in [1.82, 2.24) is 4.57 Å². The molecule has 2 aromatic rings. The molecule has 18 heavy (non-hydrogen) atoms. The van der Waals surface area contributed by atoms with E-state index in [2.05, 4.69) is 6.07 Å². The summed E-state index contributed by atoms with van der Waals surface area (Å²) in [6.07, 6.45) is 4.22. The molecule has 4 nitrogen and oxygen atoms in total. The molecule has 1 aliphatic carbocycles. The second-order valence-electron chi connectivity index (χ2n) is 4.24. The molecule has 0 saturated carbocycles. The minimum atomic E-state index is 0.0418. The van der Waals surface area contributed by atoms with Gasteiger partial charge in [0.05, 0.1) is 10.9 Å². The number of aryl methyl sites for hydroxylation is 1. The Balaban J connectivity index is 2.28. The van der Waals surface area contributed by atoms with E-state index in [0.29, 0.717) is 10.6 Å². The molecule has 0 aromatic carbocycles. The number of thiazole rings is 1. The standard InChI is InChI=1S/C12H11N3OS2/c13-5-8-7-3-1-2-4-9(7)18-11(8)15-10(16)6-17-12(15)14/h6,14,16H,1-4H2. The Morgan fingerprint density at radius 2 is 2.17 bits per heavy atom. The molecule has 2 heterocycles. The van der Waals surface area contributed by atoms with E-state index in [1.54, 1.807) is 0 Å². The van der Waals surface area contributed by atoms with Gasteiger partial charge in [0.1, 0.15) is 11.1 Å². The third kappa shape index (κ3) is 1.59. The van der Waals surface area contributed by atoms with Crippen molar-refractivity contribution in [2.45, 2.75) is 25.7 Å². The predicted octanol–water partition coefficient (Wildman–Crippen LogP) is 2.54. The Labute approximate surface area is 112 Å². The lowest BCUT2D eigenvalue weighted by Crippen LogP contribution is -2.10. The van der Waals surface area contributed by atoms with Gasteiger partial charge in [0.15, 0.2) is 4.80 Å². The van der Waals surface area contributed by atoms with Gasteiger partial charge in [0, 0.05) is 4.88 Å². The molecule has 1 aliphatic rings. The van der Waals surface area contributed by atoms with Crippen molar-refractivity contribution < 1.29 is 5.11 Å². The summed E-state index contributed by atoms with van der Waals surface area (Å²) in [6.45, 7) is 0. The van der Waals surface area contributed by atoms with Gasteiger partial charge in [-0.2, -0.15) is 5.26 Å². The first-order chi connectivity index (χ1) is 8.72. The van der Waals surface area contributed by atoms with Crippen molar-refractivity contribution in [2.24, 2.45) is 0 Å². The molecule has 92 valence electrons. The largest absolute Gasteiger partial charge is 0.494 e. The number of hydrogen-bond acceptors (Lipinski definition) is 5. The molecule has 2 aromatic heterocycles. The first-order valence-corrected chi connectivity index (χ1v) is 7.41. The van der Waals surface area contributed by atoms with Crippen LogP contribution in [0.5, 0.6) is 5.88 Å². The fraction of sp³-hybridized carbons (Fsp3) is 0.333. The number of hydrogen-bond donors (Lipinski definition) is 2. The van der Waals surface area contributed by atoms with Gasteiger partial charge in [0.2, 0.25) is 5.88 Å². The Morgan fingerprint density at radius 1 is 1.39 bits per heavy atom. The lowest BCUT2D eigenvalue weighted by Gasteiger charge is -2.09. The third-order valence-corrected chi connectivity index (χ3v) is 5.19. The number of aromatic hydroxyl groups is 1. The van der Waals surface area contributed by atoms with Gasteiger partial charge in [-0.05, 0) is 31.2 Å². The number of nitrogens with one attached hydrogen (secondary N) is 1. The van der Waals surface area contributed by atoms with Crippen molar-refractivity contribution in [1.29, 1.82) is 10.7 Å². The zero-order chi connectivity index (χ0) is 12.7. The Hall–Kier alpha value is -1.58. The summed E-state index contributed by atoms with van der Waals surface area (Å²) < 4.78 is 1.46. The minimum absolute atomic E-state index is 0.0418. The third-order valence-electron chi connectivity index (χ3n) is 3.18. The zero-order valence-electron chi connectivity index (χ0n) is 9.56. The second-order valence-corrected chi connectivity index (χ2v) is 6.18. The highest BCUT2D eigenvalue weighted by Crippen LogP contribution is 2.37. The van der Waals surface area contributed by atoms with Crippen LogP contribution in [0.15, 0.2) is 5.38 Å². The van der Waals surface area contributed by atoms with Crippen LogP contribution in [-0.2, 0) is 12.8 Å². The van der Waals surface area contributed by atoms with Crippen LogP contribution in [0.25, 0.3) is 5.00 Å². The van der Waals surface area contributed by atoms with Gasteiger partial charge in [-0.15, -0.1) is 22.7 Å². The van der Waals surface area contributed by atoms with E-state index in [4.69, 9.17) is 5.41 Å². The van der Waals surface area contributed by atoms with Gasteiger partial charge in [-0.1, -0.05) is 0 Å². The monoisotopic (exact) mass is 277 g/mol. The molecular formula is C12H11N3OS2. The average molecular weight is 277 g/mol. The number of nitriles is 1. The lowest BCUT2D eigenvalue weighted by molar-refractivity contribution is 0.440. The van der Waals surface area contributed by atoms with Gasteiger partial charge >= 0.3 is 0 Å². The van der Waals surface area contributed by atoms with E-state index < -0.39 is 0 Å². The zero-order valence-corrected chi connectivity index (χ0v) is 11.2. The summed E-state index contributed by atoms with van der Waals surface area (Å²) in [5.74, 6) is 0.0418. The fourth-order valence-electron chi connectivity index (χ4n) is 2.34. The summed E-state index contributed by atoms with van der Waals surface area (Å²) in [5.41, 5.74) is 1.77. The number of rotatable bonds is 1. The molecule has 6 heteroatoms. The van der Waals surface area contributed by atoms with E-state index in [0.717, 1.165) is 31.2 Å². The van der Waals surface area contributed by atoms with Crippen molar-refractivity contribution in [3.05, 3.63) is 26.2 Å². The molecule has 0 bridgehead atoms. The number of thiophene rings is 1. The van der Waals surface area contributed by atoms with Crippen LogP contribution in [0.3, 0.4) is 0 Å². The smallest absolute Gasteiger partial charge is 0.208 e. The normalized spacial score (nSPS) is 14.2. The SMILES string of the molecule is N#Cc1c(-n2c(O)csc2=N)sc2c1CCCC2. The maximum Gasteiger partial charge on any atom is 0.208 e. The summed E-state index contributed by atoms with van der Waals surface area (Å²) in [4.78, 5) is 1.49. The number of nitrogens with zero attached hydrogens (tertiary/aromatic N) is 2. The highest BCUT2D eigenvalue weighted by Gasteiger charge is 2.23. The predicted molar refractivity (Wildman–Crippen MR) is 70.4 cm³/mol. The quantitative estimate of drug-likeness (QED) is 0.840. The summed E-state index contributed by atoms with van der Waals surface area (Å²) in [5, 5.41) is 29.2. The van der Waals surface area contributed by atoms with Crippen LogP contribution in [0, 0.1) is 16.7 Å². The van der Waals surface area contributed by atoms with E-state index in [9.17, 15) is 10.4 Å². The van der Waals surface area contributed by atoms with Crippen LogP contribution >= 0.6 is 22.7 Å². The summed E-state index contributed by atoms with van der Waals surface area (Å²) >= 11 is 2.71. The van der Waals surface area contributed by atoms with Crippen LogP contribution in [0.2, 0.25) is 0 Å². The average Bonchev–Trinajstić information content (AvgIpc) is 2.89. The number of aromatic nitrogens is 1. The topological polar surface area (TPSA) is 72.8 Å². The molecule has 0 atom stereocenters. The van der Waals surface area contributed by atoms with Gasteiger partial charge in [-0.3, -0.25) is 5.41 Å². The van der Waals surface area contributed by atoms with Crippen molar-refractivity contribution in [2.75, 3.05) is 0 Å². The maximum absolute atomic E-state index is 9.82. The van der Waals surface area contributed by atoms with E-state index in [1.807, 2.05) is 0 Å². The van der Waals surface area contributed by atoms with Gasteiger partial charge < -0.3 is 5.11 Å².